The predicted molar refractivity (Wildman–Crippen MR) is 144 cm³/mol. The largest absolute Gasteiger partial charge is 0.439 e. The molecule has 3 heterocycles. The Morgan fingerprint density at radius 2 is 1.86 bits per heavy atom. The first-order valence-electron chi connectivity index (χ1n) is 11.4. The third-order valence-electron chi connectivity index (χ3n) is 6.28. The molecule has 8 heteroatoms. The molecule has 3 aromatic carbocycles. The van der Waals surface area contributed by atoms with Crippen LogP contribution in [0.1, 0.15) is 22.6 Å². The Kier molecular flexibility index (Phi) is 5.64. The number of aryl methyl sites for hydroxylation is 1. The van der Waals surface area contributed by atoms with Crippen LogP contribution in [0.2, 0.25) is 5.02 Å². The monoisotopic (exact) mass is 523 g/mol. The standard InChI is InChI=1S/C29H18ClN3O3S/c1-15-6-11-23-19(12-15)26-25(29(34)35-23)24(21(14-31)27(32)36-26)20-13-16-4-2-3-5-22(16)33-28(20)37-18-9-7-17(30)8-10-18/h2-13,24H,32H2,1H3. The average molecular weight is 524 g/mol. The smallest absolute Gasteiger partial charge is 0.344 e. The van der Waals surface area contributed by atoms with Crippen LogP contribution in [0.15, 0.2) is 103 Å². The Morgan fingerprint density at radius 3 is 2.65 bits per heavy atom. The minimum atomic E-state index is -0.832. The molecule has 1 aliphatic heterocycles. The van der Waals surface area contributed by atoms with E-state index in [4.69, 9.17) is 31.5 Å². The summed E-state index contributed by atoms with van der Waals surface area (Å²) in [4.78, 5) is 19.2. The topological polar surface area (TPSA) is 102 Å². The molecule has 1 unspecified atom stereocenters. The number of halogens is 1. The SMILES string of the molecule is Cc1ccc2oc(=O)c3c(c2c1)OC(N)=C(C#N)C3c1cc2ccccc2nc1Sc1ccc(Cl)cc1. The van der Waals surface area contributed by atoms with Gasteiger partial charge in [0, 0.05) is 15.3 Å². The van der Waals surface area contributed by atoms with Crippen molar-refractivity contribution in [1.82, 2.24) is 4.98 Å². The third kappa shape index (κ3) is 4.01. The van der Waals surface area contributed by atoms with Gasteiger partial charge in [0.15, 0.2) is 5.75 Å². The average Bonchev–Trinajstić information content (AvgIpc) is 2.89. The van der Waals surface area contributed by atoms with Crippen LogP contribution >= 0.6 is 23.4 Å². The number of nitrogens with two attached hydrogens (primary N) is 1. The van der Waals surface area contributed by atoms with E-state index in [0.29, 0.717) is 32.3 Å². The highest BCUT2D eigenvalue weighted by Crippen LogP contribution is 2.47. The second kappa shape index (κ2) is 9.00. The molecule has 37 heavy (non-hydrogen) atoms. The van der Waals surface area contributed by atoms with E-state index in [0.717, 1.165) is 21.4 Å². The number of aromatic nitrogens is 1. The number of nitrogens with zero attached hydrogens (tertiary/aromatic N) is 2. The Balaban J connectivity index is 1.66. The molecule has 0 saturated carbocycles. The van der Waals surface area contributed by atoms with Crippen LogP contribution in [-0.2, 0) is 0 Å². The maximum absolute atomic E-state index is 13.4. The second-order valence-corrected chi connectivity index (χ2v) is 10.2. The van der Waals surface area contributed by atoms with E-state index >= 15 is 0 Å². The van der Waals surface area contributed by atoms with Gasteiger partial charge in [-0.1, -0.05) is 53.2 Å². The summed E-state index contributed by atoms with van der Waals surface area (Å²) in [5, 5.41) is 12.9. The zero-order valence-corrected chi connectivity index (χ0v) is 21.1. The Hall–Kier alpha value is -4.25. The van der Waals surface area contributed by atoms with Gasteiger partial charge in [-0.15, -0.1) is 0 Å². The molecule has 1 aliphatic rings. The van der Waals surface area contributed by atoms with Gasteiger partial charge >= 0.3 is 5.63 Å². The summed E-state index contributed by atoms with van der Waals surface area (Å²) >= 11 is 7.51. The Bertz CT molecular complexity index is 1860. The lowest BCUT2D eigenvalue weighted by atomic mass is 9.84. The maximum atomic E-state index is 13.4. The molecule has 0 radical (unpaired) electrons. The van der Waals surface area contributed by atoms with Crippen LogP contribution in [0.5, 0.6) is 5.75 Å². The number of rotatable bonds is 3. The van der Waals surface area contributed by atoms with Crippen molar-refractivity contribution in [3.05, 3.63) is 116 Å². The number of pyridine rings is 1. The quantitative estimate of drug-likeness (QED) is 0.263. The van der Waals surface area contributed by atoms with Crippen molar-refractivity contribution in [3.63, 3.8) is 0 Å². The molecule has 2 aromatic heterocycles. The molecule has 2 N–H and O–H groups in total. The lowest BCUT2D eigenvalue weighted by Gasteiger charge is -2.27. The highest BCUT2D eigenvalue weighted by Gasteiger charge is 2.37. The van der Waals surface area contributed by atoms with Crippen molar-refractivity contribution in [3.8, 4) is 11.8 Å². The molecule has 0 bridgehead atoms. The van der Waals surface area contributed by atoms with Crippen LogP contribution in [0.25, 0.3) is 21.9 Å². The van der Waals surface area contributed by atoms with Gasteiger partial charge in [0.2, 0.25) is 5.88 Å². The van der Waals surface area contributed by atoms with E-state index in [2.05, 4.69) is 6.07 Å². The first kappa shape index (κ1) is 23.2. The van der Waals surface area contributed by atoms with Gasteiger partial charge in [-0.25, -0.2) is 9.78 Å². The van der Waals surface area contributed by atoms with Crippen LogP contribution in [0.4, 0.5) is 0 Å². The van der Waals surface area contributed by atoms with Crippen molar-refractivity contribution in [1.29, 1.82) is 5.26 Å². The maximum Gasteiger partial charge on any atom is 0.344 e. The molecule has 6 nitrogen and oxygen atoms in total. The minimum absolute atomic E-state index is 0.0518. The number of nitriles is 1. The van der Waals surface area contributed by atoms with Gasteiger partial charge in [0.25, 0.3) is 0 Å². The Morgan fingerprint density at radius 1 is 1.08 bits per heavy atom. The van der Waals surface area contributed by atoms with E-state index in [9.17, 15) is 10.1 Å². The molecule has 0 fully saturated rings. The summed E-state index contributed by atoms with van der Waals surface area (Å²) < 4.78 is 11.6. The summed E-state index contributed by atoms with van der Waals surface area (Å²) in [6.45, 7) is 1.94. The fraction of sp³-hybridized carbons (Fsp3) is 0.0690. The Labute approximate surface area is 220 Å². The molecule has 0 amide bonds. The molecule has 0 saturated heterocycles. The van der Waals surface area contributed by atoms with Gasteiger partial charge < -0.3 is 14.9 Å². The highest BCUT2D eigenvalue weighted by molar-refractivity contribution is 7.99. The van der Waals surface area contributed by atoms with Crippen molar-refractivity contribution in [2.45, 2.75) is 22.8 Å². The number of ether oxygens (including phenoxy) is 1. The molecule has 6 rings (SSSR count). The van der Waals surface area contributed by atoms with Crippen molar-refractivity contribution in [2.24, 2.45) is 5.73 Å². The van der Waals surface area contributed by atoms with Gasteiger partial charge in [-0.2, -0.15) is 5.26 Å². The summed E-state index contributed by atoms with van der Waals surface area (Å²) in [5.41, 5.74) is 8.84. The third-order valence-corrected chi connectivity index (χ3v) is 7.56. The number of benzene rings is 3. The van der Waals surface area contributed by atoms with E-state index in [1.54, 1.807) is 18.2 Å². The summed E-state index contributed by atoms with van der Waals surface area (Å²) in [6, 6.07) is 24.7. The first-order chi connectivity index (χ1) is 17.9. The summed E-state index contributed by atoms with van der Waals surface area (Å²) in [5.74, 6) is -0.585. The van der Waals surface area contributed by atoms with Crippen molar-refractivity contribution < 1.29 is 9.15 Å². The van der Waals surface area contributed by atoms with E-state index in [-0.39, 0.29) is 17.0 Å². The molecular weight excluding hydrogens is 506 g/mol. The van der Waals surface area contributed by atoms with Crippen LogP contribution < -0.4 is 16.1 Å². The van der Waals surface area contributed by atoms with Crippen molar-refractivity contribution in [2.75, 3.05) is 0 Å². The van der Waals surface area contributed by atoms with Crippen LogP contribution in [-0.4, -0.2) is 4.98 Å². The fourth-order valence-electron chi connectivity index (χ4n) is 4.56. The van der Waals surface area contributed by atoms with Crippen LogP contribution in [0.3, 0.4) is 0 Å². The normalized spacial score (nSPS) is 14.9. The molecule has 0 aliphatic carbocycles. The molecule has 180 valence electrons. The number of para-hydroxylation sites is 1. The minimum Gasteiger partial charge on any atom is -0.439 e. The molecule has 0 spiro atoms. The lowest BCUT2D eigenvalue weighted by molar-refractivity contribution is 0.387. The van der Waals surface area contributed by atoms with Gasteiger partial charge in [0.05, 0.1) is 22.4 Å². The van der Waals surface area contributed by atoms with Crippen molar-refractivity contribution >= 4 is 45.2 Å². The van der Waals surface area contributed by atoms with Gasteiger partial charge in [-0.3, -0.25) is 0 Å². The molecule has 1 atom stereocenters. The number of fused-ring (bicyclic) bond motifs is 4. The highest BCUT2D eigenvalue weighted by atomic mass is 35.5. The summed E-state index contributed by atoms with van der Waals surface area (Å²) in [6.07, 6.45) is 0. The zero-order chi connectivity index (χ0) is 25.7. The fourth-order valence-corrected chi connectivity index (χ4v) is 5.62. The van der Waals surface area contributed by atoms with Crippen LogP contribution in [0, 0.1) is 18.3 Å². The van der Waals surface area contributed by atoms with E-state index < -0.39 is 11.5 Å². The predicted octanol–water partition coefficient (Wildman–Crippen LogP) is 6.67. The molecule has 5 aromatic rings. The number of hydrogen-bond donors (Lipinski definition) is 1. The number of allylic oxidation sites excluding steroid dienone is 1. The van der Waals surface area contributed by atoms with Gasteiger partial charge in [0.1, 0.15) is 22.3 Å². The van der Waals surface area contributed by atoms with E-state index in [1.807, 2.05) is 61.5 Å². The van der Waals surface area contributed by atoms with Gasteiger partial charge in [-0.05, 0) is 61.0 Å². The number of hydrogen-bond acceptors (Lipinski definition) is 7. The van der Waals surface area contributed by atoms with E-state index in [1.165, 1.54) is 11.8 Å². The summed E-state index contributed by atoms with van der Waals surface area (Å²) in [7, 11) is 0. The lowest BCUT2D eigenvalue weighted by Crippen LogP contribution is -2.26. The zero-order valence-electron chi connectivity index (χ0n) is 19.5. The molecular formula is C29H18ClN3O3S. The second-order valence-electron chi connectivity index (χ2n) is 8.69. The first-order valence-corrected chi connectivity index (χ1v) is 12.6.